The highest BCUT2D eigenvalue weighted by Gasteiger charge is 2.24. The molecule has 0 aliphatic carbocycles. The van der Waals surface area contributed by atoms with E-state index in [0.29, 0.717) is 0 Å². The molecule has 0 spiro atoms. The molecule has 0 saturated carbocycles. The second-order valence-electron chi connectivity index (χ2n) is 7.16. The van der Waals surface area contributed by atoms with Gasteiger partial charge in [-0.3, -0.25) is 9.36 Å². The van der Waals surface area contributed by atoms with Crippen molar-refractivity contribution in [1.82, 2.24) is 19.5 Å². The van der Waals surface area contributed by atoms with Crippen LogP contribution in [0.1, 0.15) is 31.3 Å². The number of aromatic nitrogens is 4. The Bertz CT molecular complexity index is 1560. The van der Waals surface area contributed by atoms with Gasteiger partial charge in [0.15, 0.2) is 5.82 Å². The van der Waals surface area contributed by atoms with Gasteiger partial charge in [-0.25, -0.2) is 13.8 Å². The Kier molecular flexibility index (Phi) is 6.87. The smallest absolute Gasteiger partial charge is 0.269 e. The number of benzene rings is 1. The second-order valence-corrected chi connectivity index (χ2v) is 7.16. The molecule has 35 heavy (non-hydrogen) atoms. The molecule has 0 fully saturated rings. The van der Waals surface area contributed by atoms with Crippen LogP contribution in [0.5, 0.6) is 0 Å². The van der Waals surface area contributed by atoms with Gasteiger partial charge in [-0.1, -0.05) is 12.7 Å². The topological polar surface area (TPSA) is 172 Å². The van der Waals surface area contributed by atoms with Crippen molar-refractivity contribution in [1.29, 1.82) is 10.5 Å². The summed E-state index contributed by atoms with van der Waals surface area (Å²) >= 11 is 0. The lowest BCUT2D eigenvalue weighted by molar-refractivity contribution is 0.609. The minimum atomic E-state index is -0.974. The van der Waals surface area contributed by atoms with Crippen molar-refractivity contribution in [2.24, 2.45) is 0 Å². The molecule has 1 atom stereocenters. The Morgan fingerprint density at radius 2 is 1.91 bits per heavy atom. The molecule has 0 amide bonds. The number of rotatable bonds is 6. The number of nitrogen functional groups attached to an aromatic ring is 2. The van der Waals surface area contributed by atoms with E-state index in [-0.39, 0.29) is 40.2 Å². The third-order valence-electron chi connectivity index (χ3n) is 4.97. The summed E-state index contributed by atoms with van der Waals surface area (Å²) in [5.74, 6) is -2.43. The first-order valence-corrected chi connectivity index (χ1v) is 10.1. The summed E-state index contributed by atoms with van der Waals surface area (Å²) in [5, 5.41) is 21.1. The van der Waals surface area contributed by atoms with E-state index in [1.54, 1.807) is 13.8 Å². The van der Waals surface area contributed by atoms with Gasteiger partial charge in [-0.2, -0.15) is 20.5 Å². The standard InChI is InChI=1S/C23H19F2N9O/c1-4-12(9-26)8-13(5-2)34-21(31-18-16(25)7-6-15(24)17(18)22(34)35)11(3)30-20-14(10-27)19(28)32-23(29)33-20/h4-8,11H,2H2,1,3H3,(H5,28,29,30,32,33)/b12-4+,13-8+. The average Bonchev–Trinajstić information content (AvgIpc) is 2.82. The average molecular weight is 475 g/mol. The largest absolute Gasteiger partial charge is 0.382 e. The molecule has 0 aliphatic rings. The molecule has 1 unspecified atom stereocenters. The van der Waals surface area contributed by atoms with E-state index < -0.39 is 34.1 Å². The van der Waals surface area contributed by atoms with Crippen LogP contribution in [0.15, 0.2) is 47.3 Å². The summed E-state index contributed by atoms with van der Waals surface area (Å²) in [6, 6.07) is 4.55. The van der Waals surface area contributed by atoms with E-state index >= 15 is 0 Å². The lowest BCUT2D eigenvalue weighted by atomic mass is 10.1. The number of anilines is 3. The van der Waals surface area contributed by atoms with Crippen LogP contribution in [0.2, 0.25) is 0 Å². The molecule has 0 aliphatic heterocycles. The first-order chi connectivity index (χ1) is 16.7. The summed E-state index contributed by atoms with van der Waals surface area (Å²) in [7, 11) is 0. The molecule has 10 nitrogen and oxygen atoms in total. The van der Waals surface area contributed by atoms with Crippen LogP contribution in [0.4, 0.5) is 26.4 Å². The predicted molar refractivity (Wildman–Crippen MR) is 127 cm³/mol. The van der Waals surface area contributed by atoms with Crippen LogP contribution in [0.3, 0.4) is 0 Å². The van der Waals surface area contributed by atoms with Gasteiger partial charge in [0.1, 0.15) is 45.8 Å². The van der Waals surface area contributed by atoms with Gasteiger partial charge < -0.3 is 16.8 Å². The number of nitriles is 2. The van der Waals surface area contributed by atoms with Crippen LogP contribution in [-0.2, 0) is 0 Å². The number of nitrogens with one attached hydrogen (secondary N) is 1. The summed E-state index contributed by atoms with van der Waals surface area (Å²) in [5.41, 5.74) is 10.1. The Morgan fingerprint density at radius 1 is 1.23 bits per heavy atom. The van der Waals surface area contributed by atoms with Crippen molar-refractivity contribution >= 4 is 34.2 Å². The number of allylic oxidation sites excluding steroid dienone is 5. The fraction of sp³-hybridized carbons (Fsp3) is 0.130. The maximum Gasteiger partial charge on any atom is 0.269 e. The Morgan fingerprint density at radius 3 is 2.51 bits per heavy atom. The Hall–Kier alpha value is -5.10. The first kappa shape index (κ1) is 24.5. The third-order valence-corrected chi connectivity index (χ3v) is 4.97. The van der Waals surface area contributed by atoms with E-state index in [1.807, 2.05) is 12.1 Å². The summed E-state index contributed by atoms with van der Waals surface area (Å²) in [6.45, 7) is 6.83. The van der Waals surface area contributed by atoms with E-state index in [0.717, 1.165) is 16.7 Å². The number of hydrogen-bond donors (Lipinski definition) is 3. The summed E-state index contributed by atoms with van der Waals surface area (Å²) < 4.78 is 30.2. The number of nitrogens with zero attached hydrogens (tertiary/aromatic N) is 6. The van der Waals surface area contributed by atoms with E-state index in [4.69, 9.17) is 11.5 Å². The second kappa shape index (κ2) is 9.80. The molecule has 0 radical (unpaired) electrons. The van der Waals surface area contributed by atoms with Crippen molar-refractivity contribution in [2.75, 3.05) is 16.8 Å². The predicted octanol–water partition coefficient (Wildman–Crippen LogP) is 3.17. The molecular formula is C23H19F2N9O. The normalized spacial score (nSPS) is 12.6. The summed E-state index contributed by atoms with van der Waals surface area (Å²) in [4.78, 5) is 25.4. The molecule has 3 aromatic rings. The fourth-order valence-electron chi connectivity index (χ4n) is 3.31. The van der Waals surface area contributed by atoms with Gasteiger partial charge in [0.05, 0.1) is 17.8 Å². The fourth-order valence-corrected chi connectivity index (χ4v) is 3.31. The maximum absolute atomic E-state index is 14.6. The van der Waals surface area contributed by atoms with Gasteiger partial charge in [0, 0.05) is 5.57 Å². The van der Waals surface area contributed by atoms with Crippen LogP contribution in [0, 0.1) is 34.3 Å². The van der Waals surface area contributed by atoms with Crippen molar-refractivity contribution in [3.8, 4) is 12.1 Å². The van der Waals surface area contributed by atoms with Crippen molar-refractivity contribution < 1.29 is 8.78 Å². The summed E-state index contributed by atoms with van der Waals surface area (Å²) in [6.07, 6.45) is 4.11. The van der Waals surface area contributed by atoms with Crippen molar-refractivity contribution in [2.45, 2.75) is 19.9 Å². The highest BCUT2D eigenvalue weighted by molar-refractivity contribution is 5.80. The van der Waals surface area contributed by atoms with Crippen LogP contribution >= 0.6 is 0 Å². The molecule has 0 bridgehead atoms. The van der Waals surface area contributed by atoms with Crippen LogP contribution in [0.25, 0.3) is 16.6 Å². The molecule has 3 rings (SSSR count). The van der Waals surface area contributed by atoms with Crippen LogP contribution in [-0.4, -0.2) is 19.5 Å². The Balaban J connectivity index is 2.37. The SMILES string of the molecule is C=C/C(=C\C(C#N)=C/C)n1c(C(C)Nc2nc(N)nc(N)c2C#N)nc2c(F)ccc(F)c2c1=O. The van der Waals surface area contributed by atoms with E-state index in [2.05, 4.69) is 26.8 Å². The van der Waals surface area contributed by atoms with Gasteiger partial charge in [0.25, 0.3) is 5.56 Å². The van der Waals surface area contributed by atoms with Gasteiger partial charge in [0.2, 0.25) is 5.95 Å². The Labute approximate surface area is 198 Å². The van der Waals surface area contributed by atoms with E-state index in [9.17, 15) is 24.1 Å². The quantitative estimate of drug-likeness (QED) is 0.357. The number of nitrogens with two attached hydrogens (primary N) is 2. The van der Waals surface area contributed by atoms with Gasteiger partial charge in [-0.05, 0) is 38.1 Å². The minimum absolute atomic E-state index is 0.0547. The molecule has 2 aromatic heterocycles. The molecule has 1 aromatic carbocycles. The molecule has 0 saturated heterocycles. The van der Waals surface area contributed by atoms with Gasteiger partial charge >= 0.3 is 0 Å². The monoisotopic (exact) mass is 475 g/mol. The minimum Gasteiger partial charge on any atom is -0.382 e. The lowest BCUT2D eigenvalue weighted by Gasteiger charge is -2.21. The molecule has 176 valence electrons. The zero-order chi connectivity index (χ0) is 25.9. The third kappa shape index (κ3) is 4.54. The van der Waals surface area contributed by atoms with Crippen molar-refractivity contribution in [3.05, 3.63) is 75.9 Å². The number of hydrogen-bond acceptors (Lipinski definition) is 9. The number of fused-ring (bicyclic) bond motifs is 1. The molecule has 2 heterocycles. The zero-order valence-corrected chi connectivity index (χ0v) is 18.7. The molecule has 5 N–H and O–H groups in total. The zero-order valence-electron chi connectivity index (χ0n) is 18.7. The lowest BCUT2D eigenvalue weighted by Crippen LogP contribution is -2.29. The highest BCUT2D eigenvalue weighted by Crippen LogP contribution is 2.26. The maximum atomic E-state index is 14.6. The molecular weight excluding hydrogens is 456 g/mol. The highest BCUT2D eigenvalue weighted by atomic mass is 19.1. The molecule has 12 heteroatoms. The number of halogens is 2. The van der Waals surface area contributed by atoms with Crippen molar-refractivity contribution in [3.63, 3.8) is 0 Å². The van der Waals surface area contributed by atoms with E-state index in [1.165, 1.54) is 18.2 Å². The first-order valence-electron chi connectivity index (χ1n) is 10.1. The van der Waals surface area contributed by atoms with Crippen LogP contribution < -0.4 is 22.3 Å². The van der Waals surface area contributed by atoms with Gasteiger partial charge in [-0.15, -0.1) is 0 Å².